The van der Waals surface area contributed by atoms with E-state index < -0.39 is 0 Å². The quantitative estimate of drug-likeness (QED) is 0.817. The van der Waals surface area contributed by atoms with E-state index in [0.29, 0.717) is 0 Å². The van der Waals surface area contributed by atoms with Crippen molar-refractivity contribution in [2.75, 3.05) is 20.2 Å². The fourth-order valence-electron chi connectivity index (χ4n) is 3.26. The average Bonchev–Trinajstić information content (AvgIpc) is 3.06. The van der Waals surface area contributed by atoms with Gasteiger partial charge in [-0.2, -0.15) is 10.5 Å². The van der Waals surface area contributed by atoms with E-state index in [1.807, 2.05) is 24.3 Å². The molecule has 2 fully saturated rings. The van der Waals surface area contributed by atoms with Crippen LogP contribution >= 0.6 is 0 Å². The summed E-state index contributed by atoms with van der Waals surface area (Å²) >= 11 is 0. The number of nitrogens with zero attached hydrogens (tertiary/aromatic N) is 4. The molecule has 1 aromatic carbocycles. The Kier molecular flexibility index (Phi) is 3.31. The lowest BCUT2D eigenvalue weighted by atomic mass is 9.90. The van der Waals surface area contributed by atoms with Gasteiger partial charge in [-0.1, -0.05) is 12.1 Å². The number of fused-ring (bicyclic) bond motifs is 1. The maximum Gasteiger partial charge on any atom is 0.129 e. The first-order chi connectivity index (χ1) is 9.80. The molecule has 20 heavy (non-hydrogen) atoms. The molecule has 0 amide bonds. The summed E-state index contributed by atoms with van der Waals surface area (Å²) in [7, 11) is 1.64. The monoisotopic (exact) mass is 268 g/mol. The lowest BCUT2D eigenvalue weighted by Gasteiger charge is -2.25. The summed E-state index contributed by atoms with van der Waals surface area (Å²) in [6.07, 6.45) is 1.04. The van der Waals surface area contributed by atoms with Crippen molar-refractivity contribution < 1.29 is 4.74 Å². The van der Waals surface area contributed by atoms with E-state index in [2.05, 4.69) is 22.2 Å². The van der Waals surface area contributed by atoms with E-state index in [1.54, 1.807) is 7.11 Å². The van der Waals surface area contributed by atoms with Gasteiger partial charge in [0.2, 0.25) is 0 Å². The minimum absolute atomic E-state index is 0.0296. The predicted octanol–water partition coefficient (Wildman–Crippen LogP) is 1.70. The topological polar surface area (TPSA) is 63.3 Å². The molecule has 0 bridgehead atoms. The van der Waals surface area contributed by atoms with E-state index in [-0.39, 0.29) is 18.0 Å². The maximum atomic E-state index is 9.48. The summed E-state index contributed by atoms with van der Waals surface area (Å²) in [6.45, 7) is 1.77. The Morgan fingerprint density at radius 3 is 2.40 bits per heavy atom. The summed E-state index contributed by atoms with van der Waals surface area (Å²) in [5.74, 6) is 0.490. The van der Waals surface area contributed by atoms with Crippen LogP contribution in [0.3, 0.4) is 0 Å². The minimum atomic E-state index is -0.338. The Bertz CT molecular complexity index is 571. The van der Waals surface area contributed by atoms with E-state index in [1.165, 1.54) is 0 Å². The van der Waals surface area contributed by atoms with Crippen LogP contribution in [0.2, 0.25) is 0 Å². The first-order valence-corrected chi connectivity index (χ1v) is 6.76. The molecule has 0 spiro atoms. The van der Waals surface area contributed by atoms with Crippen LogP contribution in [0.15, 0.2) is 24.3 Å². The number of benzene rings is 1. The van der Waals surface area contributed by atoms with Gasteiger partial charge in [-0.25, -0.2) is 10.0 Å². The zero-order valence-electron chi connectivity index (χ0n) is 11.4. The number of methoxy groups -OCH3 is 1. The second-order valence-corrected chi connectivity index (χ2v) is 5.13. The number of hydrazine groups is 1. The number of nitriles is 2. The molecular weight excluding hydrogens is 252 g/mol. The molecule has 0 radical (unpaired) electrons. The fourth-order valence-corrected chi connectivity index (χ4v) is 3.26. The van der Waals surface area contributed by atoms with Crippen LogP contribution in [0.25, 0.3) is 0 Å². The van der Waals surface area contributed by atoms with Crippen LogP contribution < -0.4 is 4.74 Å². The molecule has 3 atom stereocenters. The molecular formula is C15H16N4O. The summed E-state index contributed by atoms with van der Waals surface area (Å²) < 4.78 is 5.17. The highest BCUT2D eigenvalue weighted by Gasteiger charge is 2.50. The van der Waals surface area contributed by atoms with Gasteiger partial charge in [0.15, 0.2) is 0 Å². The number of hydrogen-bond acceptors (Lipinski definition) is 5. The molecule has 2 aliphatic rings. The number of ether oxygens (including phenoxy) is 1. The van der Waals surface area contributed by atoms with E-state index in [0.717, 1.165) is 30.8 Å². The zero-order chi connectivity index (χ0) is 14.1. The van der Waals surface area contributed by atoms with Gasteiger partial charge in [-0.05, 0) is 24.1 Å². The van der Waals surface area contributed by atoms with Crippen molar-refractivity contribution in [1.29, 1.82) is 10.5 Å². The van der Waals surface area contributed by atoms with Crippen molar-refractivity contribution in [2.24, 2.45) is 5.92 Å². The highest BCUT2D eigenvalue weighted by Crippen LogP contribution is 2.43. The molecule has 0 unspecified atom stereocenters. The highest BCUT2D eigenvalue weighted by atomic mass is 16.5. The summed E-state index contributed by atoms with van der Waals surface area (Å²) in [5.41, 5.74) is 1.07. The Labute approximate surface area is 118 Å². The van der Waals surface area contributed by atoms with Gasteiger partial charge in [0.1, 0.15) is 11.8 Å². The lowest BCUT2D eigenvalue weighted by Crippen LogP contribution is -2.35. The normalized spacial score (nSPS) is 29.6. The van der Waals surface area contributed by atoms with Crippen molar-refractivity contribution in [2.45, 2.75) is 18.5 Å². The largest absolute Gasteiger partial charge is 0.497 e. The van der Waals surface area contributed by atoms with Gasteiger partial charge >= 0.3 is 0 Å². The number of hydrogen-bond donors (Lipinski definition) is 0. The van der Waals surface area contributed by atoms with Crippen LogP contribution in [-0.2, 0) is 0 Å². The van der Waals surface area contributed by atoms with Crippen LogP contribution in [0.1, 0.15) is 18.0 Å². The fraction of sp³-hybridized carbons (Fsp3) is 0.467. The van der Waals surface area contributed by atoms with E-state index >= 15 is 0 Å². The first kappa shape index (κ1) is 12.9. The van der Waals surface area contributed by atoms with Crippen molar-refractivity contribution in [1.82, 2.24) is 10.0 Å². The van der Waals surface area contributed by atoms with Gasteiger partial charge in [0.05, 0.1) is 31.2 Å². The standard InChI is InChI=1S/C15H16N4O/c1-20-12-5-3-11(4-6-12)15-13(9-16)14(10-17)18-7-2-8-19(15)18/h3-6,13-15H,2,7-8H2,1H3/t13-,14-,15-/m0/s1. The third-order valence-electron chi connectivity index (χ3n) is 4.17. The Hall–Kier alpha value is -2.08. The van der Waals surface area contributed by atoms with Crippen LogP contribution in [0, 0.1) is 28.6 Å². The second kappa shape index (κ2) is 5.13. The third-order valence-corrected chi connectivity index (χ3v) is 4.17. The van der Waals surface area contributed by atoms with Crippen molar-refractivity contribution in [3.8, 4) is 17.9 Å². The van der Waals surface area contributed by atoms with Crippen molar-refractivity contribution in [3.05, 3.63) is 29.8 Å². The molecule has 0 aliphatic carbocycles. The predicted molar refractivity (Wildman–Crippen MR) is 72.3 cm³/mol. The summed E-state index contributed by atoms with van der Waals surface area (Å²) in [4.78, 5) is 0. The summed E-state index contributed by atoms with van der Waals surface area (Å²) in [6, 6.07) is 12.1. The third kappa shape index (κ3) is 1.84. The average molecular weight is 268 g/mol. The molecule has 3 rings (SSSR count). The molecule has 0 aromatic heterocycles. The van der Waals surface area contributed by atoms with Crippen LogP contribution in [0.5, 0.6) is 5.75 Å². The van der Waals surface area contributed by atoms with Gasteiger partial charge < -0.3 is 4.74 Å². The number of rotatable bonds is 2. The minimum Gasteiger partial charge on any atom is -0.497 e. The summed E-state index contributed by atoms with van der Waals surface area (Å²) in [5, 5.41) is 23.1. The van der Waals surface area contributed by atoms with Gasteiger partial charge in [-0.3, -0.25) is 0 Å². The first-order valence-electron chi connectivity index (χ1n) is 6.76. The molecule has 2 saturated heterocycles. The van der Waals surface area contributed by atoms with Crippen LogP contribution in [0.4, 0.5) is 0 Å². The molecule has 2 heterocycles. The molecule has 1 aromatic rings. The van der Waals surface area contributed by atoms with Gasteiger partial charge in [-0.15, -0.1) is 0 Å². The second-order valence-electron chi connectivity index (χ2n) is 5.13. The van der Waals surface area contributed by atoms with Crippen LogP contribution in [-0.4, -0.2) is 36.3 Å². The van der Waals surface area contributed by atoms with E-state index in [4.69, 9.17) is 4.74 Å². The molecule has 0 saturated carbocycles. The molecule has 5 nitrogen and oxygen atoms in total. The van der Waals surface area contributed by atoms with Crippen molar-refractivity contribution >= 4 is 0 Å². The zero-order valence-corrected chi connectivity index (χ0v) is 11.4. The molecule has 102 valence electrons. The van der Waals surface area contributed by atoms with Gasteiger partial charge in [0, 0.05) is 13.1 Å². The molecule has 2 aliphatic heterocycles. The Morgan fingerprint density at radius 2 is 1.80 bits per heavy atom. The Morgan fingerprint density at radius 1 is 1.10 bits per heavy atom. The Balaban J connectivity index is 1.97. The van der Waals surface area contributed by atoms with E-state index in [9.17, 15) is 10.5 Å². The van der Waals surface area contributed by atoms with Gasteiger partial charge in [0.25, 0.3) is 0 Å². The maximum absolute atomic E-state index is 9.48. The SMILES string of the molecule is COc1ccc([C@H]2[C@@H](C#N)[C@H](C#N)N3CCCN23)cc1. The molecule has 0 N–H and O–H groups in total. The lowest BCUT2D eigenvalue weighted by molar-refractivity contribution is 0.0383. The van der Waals surface area contributed by atoms with Crippen molar-refractivity contribution in [3.63, 3.8) is 0 Å². The smallest absolute Gasteiger partial charge is 0.129 e. The molecule has 5 heteroatoms. The highest BCUT2D eigenvalue weighted by molar-refractivity contribution is 5.32.